The Morgan fingerprint density at radius 2 is 1.71 bits per heavy atom. The molecule has 0 aliphatic carbocycles. The van der Waals surface area contributed by atoms with Crippen LogP contribution in [0.1, 0.15) is 38.8 Å². The van der Waals surface area contributed by atoms with E-state index in [0.717, 1.165) is 12.0 Å². The highest BCUT2D eigenvalue weighted by molar-refractivity contribution is 5.27. The Hall–Kier alpha value is -0.820. The van der Waals surface area contributed by atoms with Gasteiger partial charge in [0.05, 0.1) is 5.60 Å². The zero-order valence-electron chi connectivity index (χ0n) is 9.54. The summed E-state index contributed by atoms with van der Waals surface area (Å²) in [6, 6.07) is 8.23. The van der Waals surface area contributed by atoms with Crippen LogP contribution in [-0.2, 0) is 12.0 Å². The van der Waals surface area contributed by atoms with Gasteiger partial charge in [-0.2, -0.15) is 0 Å². The maximum atomic E-state index is 10.2. The molecule has 1 N–H and O–H groups in total. The molecule has 0 radical (unpaired) electrons. The topological polar surface area (TPSA) is 20.2 Å². The predicted octanol–water partition coefficient (Wildman–Crippen LogP) is 3.11. The number of hydrogen-bond acceptors (Lipinski definition) is 1. The monoisotopic (exact) mass is 192 g/mol. The minimum atomic E-state index is -0.716. The van der Waals surface area contributed by atoms with Crippen LogP contribution >= 0.6 is 0 Å². The van der Waals surface area contributed by atoms with Crippen LogP contribution in [0.15, 0.2) is 24.3 Å². The minimum Gasteiger partial charge on any atom is -0.385 e. The summed E-state index contributed by atoms with van der Waals surface area (Å²) in [6.07, 6.45) is 1.05. The molecular weight excluding hydrogens is 172 g/mol. The summed E-state index contributed by atoms with van der Waals surface area (Å²) >= 11 is 0. The normalized spacial score (nSPS) is 15.6. The number of rotatable bonds is 3. The van der Waals surface area contributed by atoms with Gasteiger partial charge in [0.25, 0.3) is 0 Å². The first kappa shape index (κ1) is 11.3. The lowest BCUT2D eigenvalue weighted by Gasteiger charge is -2.28. The molecule has 78 valence electrons. The molecule has 1 heteroatoms. The molecule has 0 spiro atoms. The van der Waals surface area contributed by atoms with E-state index in [-0.39, 0.29) is 5.92 Å². The van der Waals surface area contributed by atoms with Gasteiger partial charge in [-0.25, -0.2) is 0 Å². The fourth-order valence-electron chi connectivity index (χ4n) is 1.41. The summed E-state index contributed by atoms with van der Waals surface area (Å²) in [6.45, 7) is 8.08. The van der Waals surface area contributed by atoms with Crippen molar-refractivity contribution in [2.45, 2.75) is 39.7 Å². The van der Waals surface area contributed by atoms with Crippen molar-refractivity contribution in [3.05, 3.63) is 35.4 Å². The van der Waals surface area contributed by atoms with E-state index in [1.807, 2.05) is 32.9 Å². The number of benzene rings is 1. The largest absolute Gasteiger partial charge is 0.385 e. The lowest BCUT2D eigenvalue weighted by atomic mass is 9.85. The highest BCUT2D eigenvalue weighted by Crippen LogP contribution is 2.28. The minimum absolute atomic E-state index is 0.231. The van der Waals surface area contributed by atoms with Crippen LogP contribution in [0.3, 0.4) is 0 Å². The first-order valence-corrected chi connectivity index (χ1v) is 5.30. The molecular formula is C13H20O. The van der Waals surface area contributed by atoms with E-state index < -0.39 is 5.60 Å². The van der Waals surface area contributed by atoms with Crippen molar-refractivity contribution in [2.75, 3.05) is 0 Å². The molecule has 0 saturated carbocycles. The van der Waals surface area contributed by atoms with Gasteiger partial charge in [-0.05, 0) is 30.4 Å². The molecule has 0 aliphatic heterocycles. The average Bonchev–Trinajstić information content (AvgIpc) is 2.17. The SMILES string of the molecule is CCc1ccc([C@](C)(O)C(C)C)cc1. The van der Waals surface area contributed by atoms with Crippen molar-refractivity contribution in [3.8, 4) is 0 Å². The molecule has 0 aromatic heterocycles. The molecule has 14 heavy (non-hydrogen) atoms. The highest BCUT2D eigenvalue weighted by Gasteiger charge is 2.26. The van der Waals surface area contributed by atoms with Gasteiger partial charge in [-0.3, -0.25) is 0 Å². The molecule has 0 amide bonds. The molecule has 1 aromatic carbocycles. The summed E-state index contributed by atoms with van der Waals surface area (Å²) in [4.78, 5) is 0. The molecule has 0 bridgehead atoms. The Morgan fingerprint density at radius 1 is 1.21 bits per heavy atom. The summed E-state index contributed by atoms with van der Waals surface area (Å²) in [5, 5.41) is 10.2. The third-order valence-electron chi connectivity index (χ3n) is 3.07. The fraction of sp³-hybridized carbons (Fsp3) is 0.538. The van der Waals surface area contributed by atoms with Crippen molar-refractivity contribution in [1.82, 2.24) is 0 Å². The third-order valence-corrected chi connectivity index (χ3v) is 3.07. The average molecular weight is 192 g/mol. The highest BCUT2D eigenvalue weighted by atomic mass is 16.3. The molecule has 0 saturated heterocycles. The van der Waals surface area contributed by atoms with Crippen LogP contribution in [0.5, 0.6) is 0 Å². The van der Waals surface area contributed by atoms with Crippen molar-refractivity contribution >= 4 is 0 Å². The second-order valence-corrected chi connectivity index (χ2v) is 4.35. The first-order chi connectivity index (χ1) is 6.48. The van der Waals surface area contributed by atoms with Crippen LogP contribution in [0.4, 0.5) is 0 Å². The standard InChI is InChI=1S/C13H20O/c1-5-11-6-8-12(9-7-11)13(4,14)10(2)3/h6-10,14H,5H2,1-4H3/t13-/m1/s1. The molecule has 1 atom stereocenters. The molecule has 0 heterocycles. The zero-order valence-corrected chi connectivity index (χ0v) is 9.54. The van der Waals surface area contributed by atoms with Crippen LogP contribution in [0.2, 0.25) is 0 Å². The maximum absolute atomic E-state index is 10.2. The van der Waals surface area contributed by atoms with E-state index in [1.54, 1.807) is 0 Å². The Balaban J connectivity index is 2.97. The van der Waals surface area contributed by atoms with Crippen LogP contribution in [-0.4, -0.2) is 5.11 Å². The fourth-order valence-corrected chi connectivity index (χ4v) is 1.41. The Bertz CT molecular complexity index is 283. The number of aryl methyl sites for hydroxylation is 1. The second-order valence-electron chi connectivity index (χ2n) is 4.35. The van der Waals surface area contributed by atoms with Gasteiger partial charge in [-0.1, -0.05) is 45.0 Å². The summed E-state index contributed by atoms with van der Waals surface area (Å²) in [5.41, 5.74) is 1.60. The molecule has 0 aliphatic rings. The van der Waals surface area contributed by atoms with Crippen molar-refractivity contribution in [3.63, 3.8) is 0 Å². The number of hydrogen-bond donors (Lipinski definition) is 1. The molecule has 1 rings (SSSR count). The van der Waals surface area contributed by atoms with Crippen molar-refractivity contribution < 1.29 is 5.11 Å². The lowest BCUT2D eigenvalue weighted by Crippen LogP contribution is -2.27. The van der Waals surface area contributed by atoms with Gasteiger partial charge in [0.1, 0.15) is 0 Å². The third kappa shape index (κ3) is 2.16. The van der Waals surface area contributed by atoms with Gasteiger partial charge >= 0.3 is 0 Å². The molecule has 1 nitrogen and oxygen atoms in total. The Morgan fingerprint density at radius 3 is 2.07 bits per heavy atom. The van der Waals surface area contributed by atoms with Gasteiger partial charge in [0, 0.05) is 0 Å². The zero-order chi connectivity index (χ0) is 10.8. The smallest absolute Gasteiger partial charge is 0.0891 e. The van der Waals surface area contributed by atoms with E-state index in [4.69, 9.17) is 0 Å². The van der Waals surface area contributed by atoms with Gasteiger partial charge in [-0.15, -0.1) is 0 Å². The van der Waals surface area contributed by atoms with E-state index in [2.05, 4.69) is 19.1 Å². The van der Waals surface area contributed by atoms with E-state index >= 15 is 0 Å². The summed E-state index contributed by atoms with van der Waals surface area (Å²) in [5.74, 6) is 0.231. The van der Waals surface area contributed by atoms with Gasteiger partial charge in [0.2, 0.25) is 0 Å². The summed E-state index contributed by atoms with van der Waals surface area (Å²) in [7, 11) is 0. The quantitative estimate of drug-likeness (QED) is 0.780. The van der Waals surface area contributed by atoms with Crippen LogP contribution in [0, 0.1) is 5.92 Å². The molecule has 0 unspecified atom stereocenters. The van der Waals surface area contributed by atoms with Crippen molar-refractivity contribution in [2.24, 2.45) is 5.92 Å². The van der Waals surface area contributed by atoms with Gasteiger partial charge < -0.3 is 5.11 Å². The van der Waals surface area contributed by atoms with Crippen LogP contribution < -0.4 is 0 Å². The second kappa shape index (κ2) is 4.14. The lowest BCUT2D eigenvalue weighted by molar-refractivity contribution is 0.00904. The van der Waals surface area contributed by atoms with Crippen molar-refractivity contribution in [1.29, 1.82) is 0 Å². The maximum Gasteiger partial charge on any atom is 0.0891 e. The van der Waals surface area contributed by atoms with E-state index in [9.17, 15) is 5.11 Å². The summed E-state index contributed by atoms with van der Waals surface area (Å²) < 4.78 is 0. The Labute approximate surface area is 86.8 Å². The van der Waals surface area contributed by atoms with E-state index in [0.29, 0.717) is 0 Å². The first-order valence-electron chi connectivity index (χ1n) is 5.30. The number of aliphatic hydroxyl groups is 1. The molecule has 0 fully saturated rings. The molecule has 1 aromatic rings. The van der Waals surface area contributed by atoms with Gasteiger partial charge in [0.15, 0.2) is 0 Å². The van der Waals surface area contributed by atoms with E-state index in [1.165, 1.54) is 5.56 Å². The Kier molecular flexibility index (Phi) is 3.33. The predicted molar refractivity (Wildman–Crippen MR) is 60.2 cm³/mol. The van der Waals surface area contributed by atoms with Crippen LogP contribution in [0.25, 0.3) is 0 Å².